The fraction of sp³-hybridized carbons (Fsp3) is 0.238. The van der Waals surface area contributed by atoms with Gasteiger partial charge < -0.3 is 44.3 Å². The summed E-state index contributed by atoms with van der Waals surface area (Å²) in [5, 5.41) is 0. The second kappa shape index (κ2) is 13.0. The molecule has 0 spiro atoms. The summed E-state index contributed by atoms with van der Waals surface area (Å²) in [6.45, 7) is 0. The van der Waals surface area contributed by atoms with Crippen LogP contribution in [0.25, 0.3) is 0 Å². The SMILES string of the molecule is CN(C)c1cc[n+](C(c2ccccc2)[n+]2ccc(N(C)C)cc2)cc1.F[B-](F)(F)F.F[B-](F)(F)F. The molecular formula is C21H26B2F8N4. The zero-order valence-corrected chi connectivity index (χ0v) is 19.6. The lowest BCUT2D eigenvalue weighted by Gasteiger charge is -2.14. The molecule has 0 fully saturated rings. The first kappa shape index (κ1) is 29.7. The van der Waals surface area contributed by atoms with Crippen molar-refractivity contribution in [3.8, 4) is 0 Å². The maximum Gasteiger partial charge on any atom is 0.673 e. The number of aromatic nitrogens is 2. The lowest BCUT2D eigenvalue weighted by molar-refractivity contribution is -0.934. The van der Waals surface area contributed by atoms with E-state index in [9.17, 15) is 34.5 Å². The number of rotatable bonds is 5. The molecule has 0 saturated heterocycles. The maximum atomic E-state index is 9.75. The predicted octanol–water partition coefficient (Wildman–Crippen LogP) is 5.09. The lowest BCUT2D eigenvalue weighted by atomic mass is 10.1. The van der Waals surface area contributed by atoms with Gasteiger partial charge in [0.15, 0.2) is 24.8 Å². The summed E-state index contributed by atoms with van der Waals surface area (Å²) in [4.78, 5) is 4.22. The van der Waals surface area contributed by atoms with Crippen LogP contribution in [0.3, 0.4) is 0 Å². The molecule has 0 aliphatic heterocycles. The molecule has 3 rings (SSSR count). The quantitative estimate of drug-likeness (QED) is 0.271. The number of hydrogen-bond acceptors (Lipinski definition) is 2. The third-order valence-corrected chi connectivity index (χ3v) is 4.37. The van der Waals surface area contributed by atoms with Gasteiger partial charge in [0, 0.05) is 63.8 Å². The van der Waals surface area contributed by atoms with E-state index in [1.54, 1.807) is 0 Å². The molecule has 0 aliphatic carbocycles. The number of pyridine rings is 2. The molecule has 0 atom stereocenters. The van der Waals surface area contributed by atoms with E-state index in [1.165, 1.54) is 16.9 Å². The van der Waals surface area contributed by atoms with Gasteiger partial charge >= 0.3 is 20.7 Å². The molecule has 2 aromatic heterocycles. The average Bonchev–Trinajstić information content (AvgIpc) is 2.73. The van der Waals surface area contributed by atoms with Crippen LogP contribution < -0.4 is 18.9 Å². The highest BCUT2D eigenvalue weighted by Gasteiger charge is 2.29. The first-order chi connectivity index (χ1) is 16.1. The number of nitrogens with zero attached hydrogens (tertiary/aromatic N) is 4. The Bertz CT molecular complexity index is 922. The topological polar surface area (TPSA) is 14.2 Å². The summed E-state index contributed by atoms with van der Waals surface area (Å²) in [6, 6.07) is 19.2. The van der Waals surface area contributed by atoms with Crippen molar-refractivity contribution in [1.29, 1.82) is 0 Å². The normalized spacial score (nSPS) is 11.1. The van der Waals surface area contributed by atoms with Crippen molar-refractivity contribution in [2.45, 2.75) is 6.17 Å². The van der Waals surface area contributed by atoms with Gasteiger partial charge in [-0.15, -0.1) is 9.13 Å². The fourth-order valence-corrected chi connectivity index (χ4v) is 2.91. The van der Waals surface area contributed by atoms with Crippen molar-refractivity contribution in [1.82, 2.24) is 0 Å². The van der Waals surface area contributed by atoms with Crippen LogP contribution in [0.4, 0.5) is 45.9 Å². The van der Waals surface area contributed by atoms with Gasteiger partial charge in [-0.25, -0.2) is 0 Å². The molecule has 192 valence electrons. The summed E-state index contributed by atoms with van der Waals surface area (Å²) >= 11 is 0. The zero-order valence-electron chi connectivity index (χ0n) is 19.6. The molecule has 2 heterocycles. The minimum absolute atomic E-state index is 0.0774. The third-order valence-electron chi connectivity index (χ3n) is 4.37. The Morgan fingerprint density at radius 3 is 1.09 bits per heavy atom. The molecular weight excluding hydrogens is 482 g/mol. The van der Waals surface area contributed by atoms with Crippen LogP contribution >= 0.6 is 0 Å². The van der Waals surface area contributed by atoms with E-state index in [0.29, 0.717) is 0 Å². The molecule has 0 unspecified atom stereocenters. The van der Waals surface area contributed by atoms with E-state index >= 15 is 0 Å². The van der Waals surface area contributed by atoms with Crippen LogP contribution in [-0.2, 0) is 0 Å². The summed E-state index contributed by atoms with van der Waals surface area (Å²) in [6.07, 6.45) is 8.63. The summed E-state index contributed by atoms with van der Waals surface area (Å²) < 4.78 is 82.5. The Hall–Kier alpha value is -3.31. The van der Waals surface area contributed by atoms with E-state index in [4.69, 9.17) is 0 Å². The molecule has 1 aromatic carbocycles. The van der Waals surface area contributed by atoms with Crippen molar-refractivity contribution in [2.75, 3.05) is 38.0 Å². The Labute approximate surface area is 199 Å². The van der Waals surface area contributed by atoms with Gasteiger partial charge in [0.05, 0.1) is 5.56 Å². The van der Waals surface area contributed by atoms with Crippen molar-refractivity contribution < 1.29 is 43.7 Å². The second-order valence-corrected chi connectivity index (χ2v) is 7.57. The highest BCUT2D eigenvalue weighted by molar-refractivity contribution is 6.50. The molecule has 0 N–H and O–H groups in total. The summed E-state index contributed by atoms with van der Waals surface area (Å²) in [5.41, 5.74) is 3.62. The molecule has 0 bridgehead atoms. The van der Waals surface area contributed by atoms with Gasteiger partial charge in [-0.05, 0) is 12.1 Å². The van der Waals surface area contributed by atoms with Gasteiger partial charge in [-0.1, -0.05) is 18.2 Å². The maximum absolute atomic E-state index is 9.75. The minimum Gasteiger partial charge on any atom is -0.418 e. The van der Waals surface area contributed by atoms with Gasteiger partial charge in [0.1, 0.15) is 0 Å². The monoisotopic (exact) mass is 508 g/mol. The number of halogens is 8. The third kappa shape index (κ3) is 12.6. The van der Waals surface area contributed by atoms with Crippen molar-refractivity contribution in [3.63, 3.8) is 0 Å². The van der Waals surface area contributed by atoms with Crippen LogP contribution in [-0.4, -0.2) is 42.7 Å². The molecule has 0 aliphatic rings. The van der Waals surface area contributed by atoms with Gasteiger partial charge in [-0.3, -0.25) is 0 Å². The van der Waals surface area contributed by atoms with E-state index < -0.39 is 14.5 Å². The van der Waals surface area contributed by atoms with Gasteiger partial charge in [0.25, 0.3) is 0 Å². The largest absolute Gasteiger partial charge is 0.673 e. The smallest absolute Gasteiger partial charge is 0.418 e. The Balaban J connectivity index is 0.000000519. The first-order valence-electron chi connectivity index (χ1n) is 10.2. The predicted molar refractivity (Wildman–Crippen MR) is 122 cm³/mol. The summed E-state index contributed by atoms with van der Waals surface area (Å²) in [5.74, 6) is 0. The second-order valence-electron chi connectivity index (χ2n) is 7.57. The van der Waals surface area contributed by atoms with E-state index in [0.717, 1.165) is 0 Å². The molecule has 35 heavy (non-hydrogen) atoms. The number of anilines is 2. The van der Waals surface area contributed by atoms with Crippen molar-refractivity contribution in [3.05, 3.63) is 84.9 Å². The highest BCUT2D eigenvalue weighted by atomic mass is 19.5. The van der Waals surface area contributed by atoms with Crippen LogP contribution in [0, 0.1) is 0 Å². The number of hydrogen-bond donors (Lipinski definition) is 0. The van der Waals surface area contributed by atoms with Gasteiger partial charge in [0.2, 0.25) is 0 Å². The van der Waals surface area contributed by atoms with Crippen LogP contribution in [0.1, 0.15) is 11.7 Å². The molecule has 4 nitrogen and oxygen atoms in total. The molecule has 14 heteroatoms. The molecule has 0 amide bonds. The first-order valence-corrected chi connectivity index (χ1v) is 10.2. The van der Waals surface area contributed by atoms with Crippen molar-refractivity contribution in [2.24, 2.45) is 0 Å². The van der Waals surface area contributed by atoms with Gasteiger partial charge in [-0.2, -0.15) is 0 Å². The lowest BCUT2D eigenvalue weighted by Crippen LogP contribution is -2.57. The van der Waals surface area contributed by atoms with E-state index in [-0.39, 0.29) is 6.17 Å². The van der Waals surface area contributed by atoms with Crippen molar-refractivity contribution >= 4 is 25.9 Å². The minimum atomic E-state index is -6.00. The van der Waals surface area contributed by atoms with Crippen LogP contribution in [0.15, 0.2) is 79.4 Å². The zero-order chi connectivity index (χ0) is 26.8. The average molecular weight is 508 g/mol. The fourth-order valence-electron chi connectivity index (χ4n) is 2.91. The van der Waals surface area contributed by atoms with E-state index in [1.807, 2.05) is 0 Å². The molecule has 0 radical (unpaired) electrons. The Morgan fingerprint density at radius 1 is 0.543 bits per heavy atom. The molecule has 3 aromatic rings. The Kier molecular flexibility index (Phi) is 11.0. The van der Waals surface area contributed by atoms with Crippen LogP contribution in [0.5, 0.6) is 0 Å². The summed E-state index contributed by atoms with van der Waals surface area (Å²) in [7, 11) is -3.77. The number of benzene rings is 1. The van der Waals surface area contributed by atoms with Crippen LogP contribution in [0.2, 0.25) is 0 Å². The molecule has 0 saturated carbocycles. The Morgan fingerprint density at radius 2 is 0.829 bits per heavy atom. The standard InChI is InChI=1S/C21H26N4.2BF4/c1-22(2)19-10-14-24(15-11-19)21(18-8-6-5-7-9-18)25-16-12-20(13-17-25)23(3)4;2*2-1(3,4)5/h5-17,21H,1-4H3;;/q+2;2*-1. The highest BCUT2D eigenvalue weighted by Crippen LogP contribution is 2.14. The van der Waals surface area contributed by atoms with E-state index in [2.05, 4.69) is 127 Å².